The summed E-state index contributed by atoms with van der Waals surface area (Å²) in [6, 6.07) is 10.3. The molecule has 2 rings (SSSR count). The molecule has 1 aromatic rings. The molecule has 0 N–H and O–H groups in total. The molecule has 0 spiro atoms. The lowest BCUT2D eigenvalue weighted by Gasteiger charge is -2.29. The van der Waals surface area contributed by atoms with Gasteiger partial charge in [0.25, 0.3) is 0 Å². The zero-order valence-electron chi connectivity index (χ0n) is 6.29. The Balaban J connectivity index is 2.23. The summed E-state index contributed by atoms with van der Waals surface area (Å²) in [7, 11) is 0. The fraction of sp³-hybridized carbons (Fsp3) is 0.200. The Morgan fingerprint density at radius 1 is 1.27 bits per heavy atom. The summed E-state index contributed by atoms with van der Waals surface area (Å²) in [5, 5.41) is 0. The monoisotopic (exact) mass is 146 g/mol. The highest BCUT2D eigenvalue weighted by Crippen LogP contribution is 2.32. The first-order chi connectivity index (χ1) is 5.38. The van der Waals surface area contributed by atoms with Crippen LogP contribution in [0.3, 0.4) is 0 Å². The van der Waals surface area contributed by atoms with Gasteiger partial charge in [-0.05, 0) is 5.56 Å². The molecular formula is C10H10O. The largest absolute Gasteiger partial charge is 0.497 e. The van der Waals surface area contributed by atoms with Crippen LogP contribution in [0.1, 0.15) is 11.5 Å². The van der Waals surface area contributed by atoms with Crippen LogP contribution in [0.4, 0.5) is 0 Å². The molecule has 0 unspecified atom stereocenters. The molecular weight excluding hydrogens is 136 g/mol. The fourth-order valence-electron chi connectivity index (χ4n) is 1.25. The van der Waals surface area contributed by atoms with Crippen molar-refractivity contribution in [1.82, 2.24) is 0 Å². The number of benzene rings is 1. The molecule has 1 nitrogen and oxygen atoms in total. The van der Waals surface area contributed by atoms with Gasteiger partial charge in [-0.15, -0.1) is 0 Å². The third kappa shape index (κ3) is 1.03. The van der Waals surface area contributed by atoms with Crippen LogP contribution < -0.4 is 0 Å². The van der Waals surface area contributed by atoms with Crippen molar-refractivity contribution in [2.24, 2.45) is 0 Å². The predicted octanol–water partition coefficient (Wildman–Crippen LogP) is 2.31. The van der Waals surface area contributed by atoms with Crippen LogP contribution in [0.5, 0.6) is 0 Å². The number of hydrogen-bond donors (Lipinski definition) is 0. The average Bonchev–Trinajstić information content (AvgIpc) is 2.04. The zero-order valence-corrected chi connectivity index (χ0v) is 6.29. The third-order valence-corrected chi connectivity index (χ3v) is 2.03. The molecule has 1 fully saturated rings. The molecule has 1 saturated heterocycles. The third-order valence-electron chi connectivity index (χ3n) is 2.03. The van der Waals surface area contributed by atoms with Crippen molar-refractivity contribution < 1.29 is 4.74 Å². The van der Waals surface area contributed by atoms with Gasteiger partial charge < -0.3 is 4.74 Å². The Bertz CT molecular complexity index is 263. The van der Waals surface area contributed by atoms with E-state index >= 15 is 0 Å². The van der Waals surface area contributed by atoms with Crippen LogP contribution in [0.2, 0.25) is 0 Å². The highest BCUT2D eigenvalue weighted by Gasteiger charge is 2.25. The SMILES string of the molecule is C=C1OC[C@H]1c1ccccc1. The van der Waals surface area contributed by atoms with E-state index < -0.39 is 0 Å². The van der Waals surface area contributed by atoms with Gasteiger partial charge in [-0.25, -0.2) is 0 Å². The average molecular weight is 146 g/mol. The standard InChI is InChI=1S/C10H10O/c1-8-10(7-11-8)9-5-3-2-4-6-9/h2-6,10H,1,7H2/t10-/m1/s1. The summed E-state index contributed by atoms with van der Waals surface area (Å²) in [4.78, 5) is 0. The second-order valence-corrected chi connectivity index (χ2v) is 2.74. The van der Waals surface area contributed by atoms with Crippen LogP contribution in [0.15, 0.2) is 42.7 Å². The van der Waals surface area contributed by atoms with E-state index in [2.05, 4.69) is 18.7 Å². The topological polar surface area (TPSA) is 9.23 Å². The van der Waals surface area contributed by atoms with Gasteiger partial charge in [0.05, 0.1) is 11.7 Å². The minimum absolute atomic E-state index is 0.441. The van der Waals surface area contributed by atoms with Gasteiger partial charge in [-0.3, -0.25) is 0 Å². The summed E-state index contributed by atoms with van der Waals surface area (Å²) in [5.74, 6) is 1.34. The minimum Gasteiger partial charge on any atom is -0.497 e. The van der Waals surface area contributed by atoms with Gasteiger partial charge in [0, 0.05) is 0 Å². The normalized spacial score (nSPS) is 22.2. The second-order valence-electron chi connectivity index (χ2n) is 2.74. The number of hydrogen-bond acceptors (Lipinski definition) is 1. The fourth-order valence-corrected chi connectivity index (χ4v) is 1.25. The summed E-state index contributed by atoms with van der Waals surface area (Å²) in [6.07, 6.45) is 0. The van der Waals surface area contributed by atoms with Gasteiger partial charge in [0.15, 0.2) is 0 Å². The lowest BCUT2D eigenvalue weighted by molar-refractivity contribution is 0.0911. The van der Waals surface area contributed by atoms with E-state index in [1.165, 1.54) is 5.56 Å². The molecule has 0 aliphatic carbocycles. The van der Waals surface area contributed by atoms with Crippen molar-refractivity contribution >= 4 is 0 Å². The Hall–Kier alpha value is -1.24. The van der Waals surface area contributed by atoms with Crippen molar-refractivity contribution in [2.45, 2.75) is 5.92 Å². The van der Waals surface area contributed by atoms with E-state index in [-0.39, 0.29) is 0 Å². The van der Waals surface area contributed by atoms with E-state index in [1.54, 1.807) is 0 Å². The van der Waals surface area contributed by atoms with E-state index in [1.807, 2.05) is 18.2 Å². The van der Waals surface area contributed by atoms with Crippen molar-refractivity contribution in [3.8, 4) is 0 Å². The molecule has 0 radical (unpaired) electrons. The number of ether oxygens (including phenoxy) is 1. The summed E-state index contributed by atoms with van der Waals surface area (Å²) < 4.78 is 5.10. The summed E-state index contributed by atoms with van der Waals surface area (Å²) >= 11 is 0. The lowest BCUT2D eigenvalue weighted by atomic mass is 9.95. The summed E-state index contributed by atoms with van der Waals surface area (Å²) in [6.45, 7) is 4.59. The molecule has 1 atom stereocenters. The molecule has 1 aromatic carbocycles. The maximum atomic E-state index is 5.10. The van der Waals surface area contributed by atoms with E-state index in [0.717, 1.165) is 12.4 Å². The van der Waals surface area contributed by atoms with Crippen molar-refractivity contribution in [2.75, 3.05) is 6.61 Å². The molecule has 56 valence electrons. The van der Waals surface area contributed by atoms with Crippen LogP contribution >= 0.6 is 0 Å². The Labute approximate surface area is 66.3 Å². The molecule has 1 aliphatic rings. The van der Waals surface area contributed by atoms with Gasteiger partial charge in [0.2, 0.25) is 0 Å². The van der Waals surface area contributed by atoms with Gasteiger partial charge >= 0.3 is 0 Å². The van der Waals surface area contributed by atoms with Gasteiger partial charge in [0.1, 0.15) is 6.61 Å². The number of rotatable bonds is 1. The van der Waals surface area contributed by atoms with Crippen molar-refractivity contribution in [3.05, 3.63) is 48.2 Å². The first-order valence-corrected chi connectivity index (χ1v) is 3.74. The Morgan fingerprint density at radius 3 is 2.45 bits per heavy atom. The van der Waals surface area contributed by atoms with Crippen LogP contribution in [0.25, 0.3) is 0 Å². The van der Waals surface area contributed by atoms with E-state index in [0.29, 0.717) is 5.92 Å². The van der Waals surface area contributed by atoms with Crippen LogP contribution in [-0.4, -0.2) is 6.61 Å². The quantitative estimate of drug-likeness (QED) is 0.590. The van der Waals surface area contributed by atoms with E-state index in [4.69, 9.17) is 4.74 Å². The maximum absolute atomic E-state index is 5.10. The summed E-state index contributed by atoms with van der Waals surface area (Å²) in [5.41, 5.74) is 1.31. The van der Waals surface area contributed by atoms with Gasteiger partial charge in [-0.1, -0.05) is 36.9 Å². The van der Waals surface area contributed by atoms with Crippen molar-refractivity contribution in [3.63, 3.8) is 0 Å². The van der Waals surface area contributed by atoms with Crippen LogP contribution in [-0.2, 0) is 4.74 Å². The molecule has 11 heavy (non-hydrogen) atoms. The van der Waals surface area contributed by atoms with Crippen LogP contribution in [0, 0.1) is 0 Å². The van der Waals surface area contributed by atoms with E-state index in [9.17, 15) is 0 Å². The highest BCUT2D eigenvalue weighted by molar-refractivity contribution is 5.28. The zero-order chi connectivity index (χ0) is 7.68. The molecule has 1 aliphatic heterocycles. The first kappa shape index (κ1) is 6.47. The first-order valence-electron chi connectivity index (χ1n) is 3.74. The minimum atomic E-state index is 0.441. The highest BCUT2D eigenvalue weighted by atomic mass is 16.5. The molecule has 1 heterocycles. The Kier molecular flexibility index (Phi) is 1.42. The molecule has 0 saturated carbocycles. The van der Waals surface area contributed by atoms with Gasteiger partial charge in [-0.2, -0.15) is 0 Å². The maximum Gasteiger partial charge on any atom is 0.102 e. The lowest BCUT2D eigenvalue weighted by Crippen LogP contribution is -2.21. The smallest absolute Gasteiger partial charge is 0.102 e. The predicted molar refractivity (Wildman–Crippen MR) is 44.3 cm³/mol. The molecule has 0 amide bonds. The molecule has 0 bridgehead atoms. The van der Waals surface area contributed by atoms with Crippen molar-refractivity contribution in [1.29, 1.82) is 0 Å². The molecule has 1 heteroatoms. The second kappa shape index (κ2) is 2.42. The Morgan fingerprint density at radius 2 is 2.00 bits per heavy atom. The molecule has 0 aromatic heterocycles.